The second kappa shape index (κ2) is 4.98. The average Bonchev–Trinajstić information content (AvgIpc) is 3.17. The summed E-state index contributed by atoms with van der Waals surface area (Å²) in [6, 6.07) is 8.35. The van der Waals surface area contributed by atoms with Crippen LogP contribution in [-0.4, -0.2) is 28.0 Å². The molecule has 5 nitrogen and oxygen atoms in total. The largest absolute Gasteiger partial charge is 0.346 e. The quantitative estimate of drug-likeness (QED) is 0.763. The first-order valence-corrected chi connectivity index (χ1v) is 7.28. The summed E-state index contributed by atoms with van der Waals surface area (Å²) >= 11 is 0. The summed E-state index contributed by atoms with van der Waals surface area (Å²) < 4.78 is 13.0. The molecule has 1 fully saturated rings. The van der Waals surface area contributed by atoms with E-state index in [9.17, 15) is 9.18 Å². The molecule has 3 heterocycles. The van der Waals surface area contributed by atoms with E-state index in [2.05, 4.69) is 19.9 Å². The maximum absolute atomic E-state index is 13.0. The highest BCUT2D eigenvalue weighted by molar-refractivity contribution is 5.75. The van der Waals surface area contributed by atoms with Gasteiger partial charge in [-0.15, -0.1) is 0 Å². The molecular formula is C16H15FN4O. The van der Waals surface area contributed by atoms with Gasteiger partial charge in [-0.05, 0) is 30.2 Å². The van der Waals surface area contributed by atoms with E-state index in [0.29, 0.717) is 22.9 Å². The van der Waals surface area contributed by atoms with Gasteiger partial charge in [-0.2, -0.15) is 4.98 Å². The van der Waals surface area contributed by atoms with Gasteiger partial charge in [0.25, 0.3) is 5.56 Å². The number of fused-ring (bicyclic) bond motifs is 1. The molecule has 1 atom stereocenters. The number of rotatable bonds is 2. The molecule has 0 bridgehead atoms. The molecule has 22 heavy (non-hydrogen) atoms. The Bertz CT molecular complexity index is 868. The van der Waals surface area contributed by atoms with Crippen molar-refractivity contribution in [3.63, 3.8) is 0 Å². The molecule has 0 radical (unpaired) electrons. The van der Waals surface area contributed by atoms with Gasteiger partial charge in [-0.1, -0.05) is 12.1 Å². The Morgan fingerprint density at radius 2 is 2.05 bits per heavy atom. The lowest BCUT2D eigenvalue weighted by molar-refractivity contribution is 0.625. The number of aromatic nitrogens is 3. The monoisotopic (exact) mass is 298 g/mol. The number of nitrogens with zero attached hydrogens (tertiary/aromatic N) is 2. The van der Waals surface area contributed by atoms with Crippen molar-refractivity contribution >= 4 is 17.0 Å². The molecule has 1 unspecified atom stereocenters. The Morgan fingerprint density at radius 1 is 1.23 bits per heavy atom. The molecule has 4 rings (SSSR count). The Balaban J connectivity index is 1.61. The molecule has 0 spiro atoms. The number of aromatic amines is 2. The summed E-state index contributed by atoms with van der Waals surface area (Å²) in [6.07, 6.45) is 2.67. The minimum Gasteiger partial charge on any atom is -0.346 e. The lowest BCUT2D eigenvalue weighted by Gasteiger charge is -2.17. The van der Waals surface area contributed by atoms with Crippen LogP contribution < -0.4 is 10.5 Å². The predicted octanol–water partition coefficient (Wildman–Crippen LogP) is 2.38. The van der Waals surface area contributed by atoms with E-state index in [1.165, 1.54) is 12.1 Å². The number of hydrogen-bond acceptors (Lipinski definition) is 3. The van der Waals surface area contributed by atoms with Crippen LogP contribution in [0.3, 0.4) is 0 Å². The molecule has 1 saturated heterocycles. The molecule has 1 aromatic carbocycles. The molecule has 6 heteroatoms. The van der Waals surface area contributed by atoms with Crippen molar-refractivity contribution in [3.8, 4) is 0 Å². The van der Waals surface area contributed by atoms with Gasteiger partial charge in [0.1, 0.15) is 11.5 Å². The highest BCUT2D eigenvalue weighted by Crippen LogP contribution is 2.29. The van der Waals surface area contributed by atoms with Gasteiger partial charge in [0, 0.05) is 25.2 Å². The van der Waals surface area contributed by atoms with Crippen molar-refractivity contribution in [2.24, 2.45) is 0 Å². The third-order valence-corrected chi connectivity index (χ3v) is 4.24. The van der Waals surface area contributed by atoms with E-state index in [-0.39, 0.29) is 11.4 Å². The lowest BCUT2D eigenvalue weighted by Crippen LogP contribution is -2.24. The first-order chi connectivity index (χ1) is 10.7. The second-order valence-electron chi connectivity index (χ2n) is 5.61. The zero-order chi connectivity index (χ0) is 15.1. The molecule has 112 valence electrons. The van der Waals surface area contributed by atoms with E-state index in [4.69, 9.17) is 0 Å². The number of benzene rings is 1. The molecule has 0 saturated carbocycles. The molecule has 3 aromatic rings. The molecule has 1 aliphatic heterocycles. The fourth-order valence-corrected chi connectivity index (χ4v) is 3.05. The number of halogens is 1. The van der Waals surface area contributed by atoms with Gasteiger partial charge in [0.05, 0.1) is 5.39 Å². The zero-order valence-corrected chi connectivity index (χ0v) is 11.8. The van der Waals surface area contributed by atoms with Gasteiger partial charge in [-0.25, -0.2) is 4.39 Å². The Hall–Kier alpha value is -2.63. The molecule has 1 aliphatic rings. The smallest absolute Gasteiger partial charge is 0.261 e. The van der Waals surface area contributed by atoms with Crippen LogP contribution in [0.25, 0.3) is 11.0 Å². The summed E-state index contributed by atoms with van der Waals surface area (Å²) in [5.74, 6) is 0.691. The molecule has 2 aromatic heterocycles. The van der Waals surface area contributed by atoms with Crippen LogP contribution in [0, 0.1) is 5.82 Å². The number of hydrogen-bond donors (Lipinski definition) is 2. The van der Waals surface area contributed by atoms with Gasteiger partial charge in [0.15, 0.2) is 0 Å². The van der Waals surface area contributed by atoms with E-state index in [0.717, 1.165) is 25.1 Å². The highest BCUT2D eigenvalue weighted by Gasteiger charge is 2.25. The summed E-state index contributed by atoms with van der Waals surface area (Å²) in [5.41, 5.74) is 1.59. The number of H-pyrrole nitrogens is 2. The van der Waals surface area contributed by atoms with E-state index in [1.54, 1.807) is 12.3 Å². The van der Waals surface area contributed by atoms with Crippen molar-refractivity contribution in [3.05, 3.63) is 58.3 Å². The van der Waals surface area contributed by atoms with Crippen LogP contribution in [0.5, 0.6) is 0 Å². The van der Waals surface area contributed by atoms with Gasteiger partial charge in [0.2, 0.25) is 5.95 Å². The SMILES string of the molecule is O=c1[nH]c(N2CCC(c3ccc(F)cc3)C2)nc2[nH]ccc12. The van der Waals surface area contributed by atoms with E-state index >= 15 is 0 Å². The van der Waals surface area contributed by atoms with Crippen molar-refractivity contribution < 1.29 is 4.39 Å². The Kier molecular flexibility index (Phi) is 2.96. The maximum atomic E-state index is 13.0. The summed E-state index contributed by atoms with van der Waals surface area (Å²) in [7, 11) is 0. The Labute approximate surface area is 125 Å². The topological polar surface area (TPSA) is 64.8 Å². The van der Waals surface area contributed by atoms with Crippen molar-refractivity contribution in [2.45, 2.75) is 12.3 Å². The highest BCUT2D eigenvalue weighted by atomic mass is 19.1. The van der Waals surface area contributed by atoms with Crippen molar-refractivity contribution in [1.82, 2.24) is 15.0 Å². The minimum atomic E-state index is -0.221. The third-order valence-electron chi connectivity index (χ3n) is 4.24. The number of nitrogens with one attached hydrogen (secondary N) is 2. The number of anilines is 1. The first kappa shape index (κ1) is 13.1. The fourth-order valence-electron chi connectivity index (χ4n) is 3.05. The Morgan fingerprint density at radius 3 is 2.86 bits per heavy atom. The summed E-state index contributed by atoms with van der Waals surface area (Å²) in [6.45, 7) is 1.58. The summed E-state index contributed by atoms with van der Waals surface area (Å²) in [5, 5.41) is 0.568. The van der Waals surface area contributed by atoms with Crippen molar-refractivity contribution in [1.29, 1.82) is 0 Å². The normalized spacial score (nSPS) is 18.2. The van der Waals surface area contributed by atoms with Gasteiger partial charge < -0.3 is 9.88 Å². The predicted molar refractivity (Wildman–Crippen MR) is 82.7 cm³/mol. The van der Waals surface area contributed by atoms with Gasteiger partial charge in [-0.3, -0.25) is 9.78 Å². The average molecular weight is 298 g/mol. The zero-order valence-electron chi connectivity index (χ0n) is 11.8. The van der Waals surface area contributed by atoms with Crippen LogP contribution in [-0.2, 0) is 0 Å². The lowest BCUT2D eigenvalue weighted by atomic mass is 9.99. The van der Waals surface area contributed by atoms with Crippen LogP contribution in [0.1, 0.15) is 17.9 Å². The second-order valence-corrected chi connectivity index (χ2v) is 5.61. The van der Waals surface area contributed by atoms with Crippen LogP contribution in [0.2, 0.25) is 0 Å². The molecule has 0 aliphatic carbocycles. The van der Waals surface area contributed by atoms with Crippen LogP contribution in [0.15, 0.2) is 41.3 Å². The first-order valence-electron chi connectivity index (χ1n) is 7.28. The maximum Gasteiger partial charge on any atom is 0.261 e. The van der Waals surface area contributed by atoms with Crippen LogP contribution >= 0.6 is 0 Å². The van der Waals surface area contributed by atoms with Crippen LogP contribution in [0.4, 0.5) is 10.3 Å². The van der Waals surface area contributed by atoms with Gasteiger partial charge >= 0.3 is 0 Å². The molecule has 2 N–H and O–H groups in total. The standard InChI is InChI=1S/C16H15FN4O/c17-12-3-1-10(2-4-12)11-6-8-21(9-11)16-19-14-13(5-7-18-14)15(22)20-16/h1-5,7,11H,6,8-9H2,(H2,18,19,20,22). The fraction of sp³-hybridized carbons (Fsp3) is 0.250. The van der Waals surface area contributed by atoms with E-state index in [1.807, 2.05) is 12.1 Å². The third kappa shape index (κ3) is 2.16. The van der Waals surface area contributed by atoms with E-state index < -0.39 is 0 Å². The molecule has 0 amide bonds. The summed E-state index contributed by atoms with van der Waals surface area (Å²) in [4.78, 5) is 24.4. The molecular weight excluding hydrogens is 283 g/mol. The van der Waals surface area contributed by atoms with Crippen molar-refractivity contribution in [2.75, 3.05) is 18.0 Å². The minimum absolute atomic E-state index is 0.133.